The van der Waals surface area contributed by atoms with Gasteiger partial charge in [-0.3, -0.25) is 0 Å². The largest absolute Gasteiger partial charge is 0.209 e. The van der Waals surface area contributed by atoms with Crippen LogP contribution < -0.4 is 0 Å². The smallest absolute Gasteiger partial charge is 0.0987 e. The first kappa shape index (κ1) is 12.6. The zero-order valence-corrected chi connectivity index (χ0v) is 9.29. The summed E-state index contributed by atoms with van der Waals surface area (Å²) in [6.45, 7) is 3.60. The van der Waals surface area contributed by atoms with Gasteiger partial charge in [0.05, 0.1) is 5.82 Å². The quantitative estimate of drug-likeness (QED) is 0.456. The summed E-state index contributed by atoms with van der Waals surface area (Å²) in [5.41, 5.74) is 0.839. The summed E-state index contributed by atoms with van der Waals surface area (Å²) in [5, 5.41) is 0. The van der Waals surface area contributed by atoms with Crippen LogP contribution in [0.3, 0.4) is 0 Å². The summed E-state index contributed by atoms with van der Waals surface area (Å²) >= 11 is 0. The minimum absolute atomic E-state index is 0. The summed E-state index contributed by atoms with van der Waals surface area (Å²) in [7, 11) is 0. The topological polar surface area (TPSA) is 0 Å². The van der Waals surface area contributed by atoms with E-state index in [1.807, 2.05) is 0 Å². The molecule has 0 radical (unpaired) electrons. The molecular formula is C7H7ClFZn-. The van der Waals surface area contributed by atoms with Crippen LogP contribution in [0.2, 0.25) is 0 Å². The molecule has 0 heterocycles. The SMILES string of the molecule is Cl.[CH2-]c1ccc(F)cc1.[Zn]. The van der Waals surface area contributed by atoms with Gasteiger partial charge in [-0.05, 0) is 0 Å². The van der Waals surface area contributed by atoms with E-state index in [0.717, 1.165) is 5.56 Å². The Morgan fingerprint density at radius 1 is 1.10 bits per heavy atom. The molecule has 1 rings (SSSR count). The van der Waals surface area contributed by atoms with Crippen LogP contribution in [0, 0.1) is 12.7 Å². The predicted octanol–water partition coefficient (Wildman–Crippen LogP) is 2.43. The first-order valence-corrected chi connectivity index (χ1v) is 2.36. The summed E-state index contributed by atoms with van der Waals surface area (Å²) < 4.78 is 12.1. The molecule has 0 bridgehead atoms. The average molecular weight is 211 g/mol. The maximum atomic E-state index is 12.1. The molecule has 10 heavy (non-hydrogen) atoms. The molecule has 1 aromatic carbocycles. The minimum Gasteiger partial charge on any atom is -0.209 e. The Labute approximate surface area is 79.0 Å². The molecule has 0 aliphatic carbocycles. The first-order valence-electron chi connectivity index (χ1n) is 2.36. The zero-order valence-electron chi connectivity index (χ0n) is 5.51. The third-order valence-electron chi connectivity index (χ3n) is 0.913. The summed E-state index contributed by atoms with van der Waals surface area (Å²) in [5.74, 6) is -0.211. The van der Waals surface area contributed by atoms with E-state index in [1.165, 1.54) is 12.1 Å². The van der Waals surface area contributed by atoms with Gasteiger partial charge in [0.15, 0.2) is 0 Å². The normalized spacial score (nSPS) is 7.30. The maximum Gasteiger partial charge on any atom is 0.0987 e. The molecule has 0 aliphatic rings. The Bertz CT molecular complexity index is 152. The van der Waals surface area contributed by atoms with Crippen LogP contribution in [0.15, 0.2) is 24.3 Å². The van der Waals surface area contributed by atoms with Crippen LogP contribution in [0.4, 0.5) is 4.39 Å². The molecule has 0 aliphatic heterocycles. The van der Waals surface area contributed by atoms with E-state index in [4.69, 9.17) is 0 Å². The Kier molecular flexibility index (Phi) is 7.18. The van der Waals surface area contributed by atoms with Gasteiger partial charge in [0.25, 0.3) is 0 Å². The Hall–Kier alpha value is -0.0666. The summed E-state index contributed by atoms with van der Waals surface area (Å²) in [4.78, 5) is 0. The van der Waals surface area contributed by atoms with E-state index in [1.54, 1.807) is 12.1 Å². The van der Waals surface area contributed by atoms with Crippen molar-refractivity contribution in [1.82, 2.24) is 0 Å². The molecule has 0 spiro atoms. The number of hydrogen-bond acceptors (Lipinski definition) is 0. The van der Waals surface area contributed by atoms with Gasteiger partial charge < -0.3 is 0 Å². The first-order chi connectivity index (χ1) is 3.79. The minimum atomic E-state index is -0.211. The van der Waals surface area contributed by atoms with Crippen molar-refractivity contribution < 1.29 is 23.9 Å². The molecule has 0 saturated heterocycles. The second-order valence-electron chi connectivity index (χ2n) is 1.63. The Morgan fingerprint density at radius 3 is 1.80 bits per heavy atom. The van der Waals surface area contributed by atoms with Crippen molar-refractivity contribution in [2.75, 3.05) is 0 Å². The monoisotopic (exact) mass is 209 g/mol. The zero-order chi connectivity index (χ0) is 5.98. The molecule has 3 heteroatoms. The van der Waals surface area contributed by atoms with Crippen molar-refractivity contribution in [2.45, 2.75) is 0 Å². The van der Waals surface area contributed by atoms with Crippen LogP contribution in [0.5, 0.6) is 0 Å². The Morgan fingerprint density at radius 2 is 1.50 bits per heavy atom. The van der Waals surface area contributed by atoms with Gasteiger partial charge in [-0.25, -0.2) is 4.39 Å². The van der Waals surface area contributed by atoms with E-state index >= 15 is 0 Å². The van der Waals surface area contributed by atoms with Gasteiger partial charge in [-0.2, -0.15) is 24.6 Å². The van der Waals surface area contributed by atoms with Gasteiger partial charge in [0, 0.05) is 19.5 Å². The van der Waals surface area contributed by atoms with Crippen molar-refractivity contribution in [3.05, 3.63) is 42.6 Å². The third-order valence-corrected chi connectivity index (χ3v) is 0.913. The van der Waals surface area contributed by atoms with E-state index in [0.29, 0.717) is 0 Å². The number of rotatable bonds is 0. The molecule has 0 unspecified atom stereocenters. The third kappa shape index (κ3) is 3.87. The van der Waals surface area contributed by atoms with Crippen molar-refractivity contribution in [3.63, 3.8) is 0 Å². The van der Waals surface area contributed by atoms with Crippen LogP contribution in [-0.4, -0.2) is 0 Å². The van der Waals surface area contributed by atoms with Crippen LogP contribution in [0.1, 0.15) is 5.56 Å². The van der Waals surface area contributed by atoms with Gasteiger partial charge in [-0.1, -0.05) is 12.1 Å². The molecule has 1 aromatic rings. The molecule has 52 valence electrons. The van der Waals surface area contributed by atoms with Crippen LogP contribution >= 0.6 is 12.4 Å². The fourth-order valence-electron chi connectivity index (χ4n) is 0.484. The van der Waals surface area contributed by atoms with Gasteiger partial charge in [-0.15, -0.1) is 12.4 Å². The van der Waals surface area contributed by atoms with Gasteiger partial charge >= 0.3 is 0 Å². The van der Waals surface area contributed by atoms with Crippen molar-refractivity contribution in [2.24, 2.45) is 0 Å². The van der Waals surface area contributed by atoms with Crippen molar-refractivity contribution in [1.29, 1.82) is 0 Å². The van der Waals surface area contributed by atoms with Crippen molar-refractivity contribution >= 4 is 12.4 Å². The number of halogens is 2. The van der Waals surface area contributed by atoms with Gasteiger partial charge in [0.2, 0.25) is 0 Å². The predicted molar refractivity (Wildman–Crippen MR) is 38.1 cm³/mol. The van der Waals surface area contributed by atoms with E-state index < -0.39 is 0 Å². The molecule has 0 fully saturated rings. The fraction of sp³-hybridized carbons (Fsp3) is 0. The average Bonchev–Trinajstić information content (AvgIpc) is 1.77. The van der Waals surface area contributed by atoms with Crippen molar-refractivity contribution in [3.8, 4) is 0 Å². The number of benzene rings is 1. The van der Waals surface area contributed by atoms with Crippen LogP contribution in [0.25, 0.3) is 0 Å². The molecule has 0 amide bonds. The van der Waals surface area contributed by atoms with E-state index in [-0.39, 0.29) is 37.7 Å². The standard InChI is InChI=1S/C7H6F.ClH.Zn/c1-6-2-4-7(8)5-3-6;;/h2-5H,1H2;1H;/q-1;;. The second-order valence-corrected chi connectivity index (χ2v) is 1.63. The molecular weight excluding hydrogens is 204 g/mol. The molecule has 0 atom stereocenters. The van der Waals surface area contributed by atoms with Gasteiger partial charge in [0.1, 0.15) is 0 Å². The number of hydrogen-bond donors (Lipinski definition) is 0. The molecule has 0 saturated carbocycles. The van der Waals surface area contributed by atoms with E-state index in [9.17, 15) is 4.39 Å². The summed E-state index contributed by atoms with van der Waals surface area (Å²) in [6, 6.07) is 6.05. The second kappa shape index (κ2) is 5.70. The Balaban J connectivity index is 0. The molecule has 0 nitrogen and oxygen atoms in total. The van der Waals surface area contributed by atoms with E-state index in [2.05, 4.69) is 6.92 Å². The summed E-state index contributed by atoms with van der Waals surface area (Å²) in [6.07, 6.45) is 0. The maximum absolute atomic E-state index is 12.1. The molecule has 0 aromatic heterocycles. The van der Waals surface area contributed by atoms with Crippen LogP contribution in [-0.2, 0) is 19.5 Å². The molecule has 0 N–H and O–H groups in total. The fourth-order valence-corrected chi connectivity index (χ4v) is 0.484.